The summed E-state index contributed by atoms with van der Waals surface area (Å²) in [6, 6.07) is 0. The number of rotatable bonds is 2. The topological polar surface area (TPSA) is 37.3 Å². The highest BCUT2D eigenvalue weighted by atomic mass is 16.4. The molecule has 88 valence electrons. The van der Waals surface area contributed by atoms with Crippen molar-refractivity contribution in [2.24, 2.45) is 22.7 Å². The second-order valence-corrected chi connectivity index (χ2v) is 6.84. The van der Waals surface area contributed by atoms with E-state index in [9.17, 15) is 9.90 Å². The Morgan fingerprint density at radius 3 is 2.25 bits per heavy atom. The number of aliphatic carboxylic acids is 1. The molecular weight excluding hydrogens is 200 g/mol. The summed E-state index contributed by atoms with van der Waals surface area (Å²) in [4.78, 5) is 11.2. The molecule has 4 bridgehead atoms. The van der Waals surface area contributed by atoms with Gasteiger partial charge in [-0.2, -0.15) is 0 Å². The van der Waals surface area contributed by atoms with Gasteiger partial charge in [0.1, 0.15) is 0 Å². The fraction of sp³-hybridized carbons (Fsp3) is 0.786. The molecule has 2 unspecified atom stereocenters. The van der Waals surface area contributed by atoms with Gasteiger partial charge in [-0.05, 0) is 55.8 Å². The molecule has 0 aromatic rings. The van der Waals surface area contributed by atoms with Crippen molar-refractivity contribution in [3.8, 4) is 0 Å². The minimum absolute atomic E-state index is 0.0509. The van der Waals surface area contributed by atoms with Crippen molar-refractivity contribution >= 4 is 5.97 Å². The molecule has 0 amide bonds. The van der Waals surface area contributed by atoms with Crippen LogP contribution in [-0.4, -0.2) is 11.1 Å². The van der Waals surface area contributed by atoms with Gasteiger partial charge in [0.2, 0.25) is 0 Å². The van der Waals surface area contributed by atoms with Gasteiger partial charge in [-0.15, -0.1) is 0 Å². The summed E-state index contributed by atoms with van der Waals surface area (Å²) in [5, 5.41) is 9.23. The predicted octanol–water partition coefficient (Wildman–Crippen LogP) is 3.23. The van der Waals surface area contributed by atoms with E-state index < -0.39 is 5.97 Å². The van der Waals surface area contributed by atoms with Crippen LogP contribution in [0.2, 0.25) is 0 Å². The standard InChI is InChI=1S/C14H20O2/c1-9(12(15)16)14-6-10-3-11(7-14)5-13(2,4-10)8-14/h10-11H,1,3-8H2,2H3,(H,15,16). The second-order valence-electron chi connectivity index (χ2n) is 6.84. The maximum atomic E-state index is 11.2. The smallest absolute Gasteiger partial charge is 0.331 e. The molecule has 0 radical (unpaired) electrons. The average molecular weight is 220 g/mol. The van der Waals surface area contributed by atoms with Crippen molar-refractivity contribution in [1.82, 2.24) is 0 Å². The maximum Gasteiger partial charge on any atom is 0.331 e. The molecule has 1 N–H and O–H groups in total. The summed E-state index contributed by atoms with van der Waals surface area (Å²) >= 11 is 0. The third kappa shape index (κ3) is 1.28. The lowest BCUT2D eigenvalue weighted by molar-refractivity contribution is -0.138. The fourth-order valence-corrected chi connectivity index (χ4v) is 5.30. The van der Waals surface area contributed by atoms with Crippen molar-refractivity contribution in [2.75, 3.05) is 0 Å². The van der Waals surface area contributed by atoms with Gasteiger partial charge in [-0.25, -0.2) is 4.79 Å². The highest BCUT2D eigenvalue weighted by Gasteiger charge is 2.57. The molecule has 4 aliphatic rings. The lowest BCUT2D eigenvalue weighted by Gasteiger charge is -2.61. The normalized spacial score (nSPS) is 49.3. The first-order valence-electron chi connectivity index (χ1n) is 6.35. The van der Waals surface area contributed by atoms with Gasteiger partial charge < -0.3 is 5.11 Å². The minimum Gasteiger partial charge on any atom is -0.478 e. The first-order chi connectivity index (χ1) is 7.42. The molecular formula is C14H20O2. The zero-order valence-corrected chi connectivity index (χ0v) is 9.96. The third-order valence-corrected chi connectivity index (χ3v) is 5.25. The molecule has 0 aromatic carbocycles. The van der Waals surface area contributed by atoms with E-state index in [2.05, 4.69) is 13.5 Å². The summed E-state index contributed by atoms with van der Waals surface area (Å²) in [7, 11) is 0. The van der Waals surface area contributed by atoms with Gasteiger partial charge in [0.25, 0.3) is 0 Å². The summed E-state index contributed by atoms with van der Waals surface area (Å²) < 4.78 is 0. The lowest BCUT2D eigenvalue weighted by atomic mass is 9.43. The molecule has 0 aliphatic heterocycles. The molecule has 4 rings (SSSR count). The summed E-state index contributed by atoms with van der Waals surface area (Å²) in [6.45, 7) is 6.23. The van der Waals surface area contributed by atoms with Crippen LogP contribution in [0.5, 0.6) is 0 Å². The van der Waals surface area contributed by atoms with Crippen LogP contribution in [-0.2, 0) is 4.79 Å². The Morgan fingerprint density at radius 2 is 1.81 bits per heavy atom. The zero-order chi connectivity index (χ0) is 11.6. The van der Waals surface area contributed by atoms with E-state index in [0.717, 1.165) is 31.1 Å². The molecule has 2 heteroatoms. The van der Waals surface area contributed by atoms with E-state index in [1.165, 1.54) is 19.3 Å². The zero-order valence-electron chi connectivity index (χ0n) is 9.96. The van der Waals surface area contributed by atoms with Crippen LogP contribution in [0.1, 0.15) is 45.4 Å². The molecule has 2 atom stereocenters. The fourth-order valence-electron chi connectivity index (χ4n) is 5.30. The molecule has 4 aliphatic carbocycles. The molecule has 0 saturated heterocycles. The highest BCUT2D eigenvalue weighted by Crippen LogP contribution is 2.66. The molecule has 0 spiro atoms. The Balaban J connectivity index is 1.98. The second kappa shape index (κ2) is 2.91. The monoisotopic (exact) mass is 220 g/mol. The van der Waals surface area contributed by atoms with Crippen molar-refractivity contribution < 1.29 is 9.90 Å². The van der Waals surface area contributed by atoms with Crippen LogP contribution in [0.4, 0.5) is 0 Å². The van der Waals surface area contributed by atoms with Crippen LogP contribution in [0.25, 0.3) is 0 Å². The van der Waals surface area contributed by atoms with Crippen LogP contribution in [0.15, 0.2) is 12.2 Å². The average Bonchev–Trinajstić information content (AvgIpc) is 2.12. The lowest BCUT2D eigenvalue weighted by Crippen LogP contribution is -2.52. The number of carboxylic acid groups (broad SMARTS) is 1. The summed E-state index contributed by atoms with van der Waals surface area (Å²) in [5.74, 6) is 0.759. The van der Waals surface area contributed by atoms with E-state index >= 15 is 0 Å². The third-order valence-electron chi connectivity index (χ3n) is 5.25. The maximum absolute atomic E-state index is 11.2. The van der Waals surface area contributed by atoms with E-state index in [1.54, 1.807) is 0 Å². The Hall–Kier alpha value is -0.790. The number of hydrogen-bond acceptors (Lipinski definition) is 1. The van der Waals surface area contributed by atoms with Gasteiger partial charge in [0.05, 0.1) is 0 Å². The highest BCUT2D eigenvalue weighted by molar-refractivity contribution is 5.87. The molecule has 4 saturated carbocycles. The minimum atomic E-state index is -0.773. The molecule has 16 heavy (non-hydrogen) atoms. The van der Waals surface area contributed by atoms with Crippen LogP contribution in [0.3, 0.4) is 0 Å². The first kappa shape index (κ1) is 10.4. The number of hydrogen-bond donors (Lipinski definition) is 1. The van der Waals surface area contributed by atoms with Gasteiger partial charge in [0.15, 0.2) is 0 Å². The SMILES string of the molecule is C=C(C(=O)O)C12CC3CC(CC(C)(C3)C1)C2. The van der Waals surface area contributed by atoms with Crippen LogP contribution in [0, 0.1) is 22.7 Å². The molecule has 4 fully saturated rings. The van der Waals surface area contributed by atoms with E-state index in [-0.39, 0.29) is 5.41 Å². The van der Waals surface area contributed by atoms with Crippen LogP contribution < -0.4 is 0 Å². The Kier molecular flexibility index (Phi) is 1.88. The molecule has 0 heterocycles. The Labute approximate surface area is 96.7 Å². The van der Waals surface area contributed by atoms with Gasteiger partial charge >= 0.3 is 5.97 Å². The van der Waals surface area contributed by atoms with E-state index in [1.807, 2.05) is 0 Å². The predicted molar refractivity (Wildman–Crippen MR) is 62.0 cm³/mol. The van der Waals surface area contributed by atoms with Crippen molar-refractivity contribution in [3.63, 3.8) is 0 Å². The Bertz CT molecular complexity index is 355. The quantitative estimate of drug-likeness (QED) is 0.725. The van der Waals surface area contributed by atoms with E-state index in [4.69, 9.17) is 0 Å². The number of carboxylic acids is 1. The first-order valence-corrected chi connectivity index (χ1v) is 6.35. The molecule has 0 aromatic heterocycles. The Morgan fingerprint density at radius 1 is 1.25 bits per heavy atom. The van der Waals surface area contributed by atoms with Crippen LogP contribution >= 0.6 is 0 Å². The van der Waals surface area contributed by atoms with E-state index in [0.29, 0.717) is 11.0 Å². The van der Waals surface area contributed by atoms with Gasteiger partial charge in [-0.3, -0.25) is 0 Å². The van der Waals surface area contributed by atoms with Gasteiger partial charge in [-0.1, -0.05) is 13.5 Å². The van der Waals surface area contributed by atoms with Gasteiger partial charge in [0, 0.05) is 11.0 Å². The molecule has 2 nitrogen and oxygen atoms in total. The summed E-state index contributed by atoms with van der Waals surface area (Å²) in [6.07, 6.45) is 7.22. The summed E-state index contributed by atoms with van der Waals surface area (Å²) in [5.41, 5.74) is 0.848. The van der Waals surface area contributed by atoms with Crippen molar-refractivity contribution in [2.45, 2.75) is 45.4 Å². The largest absolute Gasteiger partial charge is 0.478 e. The number of carbonyl (C=O) groups is 1. The van der Waals surface area contributed by atoms with Crippen molar-refractivity contribution in [1.29, 1.82) is 0 Å². The van der Waals surface area contributed by atoms with Crippen molar-refractivity contribution in [3.05, 3.63) is 12.2 Å².